The number of halogens is 4. The molecule has 0 radical (unpaired) electrons. The van der Waals surface area contributed by atoms with Gasteiger partial charge in [0.25, 0.3) is 0 Å². The van der Waals surface area contributed by atoms with Crippen molar-refractivity contribution in [2.24, 2.45) is 0 Å². The average molecular weight is 509 g/mol. The van der Waals surface area contributed by atoms with Crippen LogP contribution >= 0.6 is 34.5 Å². The molecular weight excluding hydrogens is 493 g/mol. The summed E-state index contributed by atoms with van der Waals surface area (Å²) in [5, 5.41) is 3.26. The second kappa shape index (κ2) is 8.19. The summed E-state index contributed by atoms with van der Waals surface area (Å²) >= 11 is 13.3. The van der Waals surface area contributed by atoms with Gasteiger partial charge in [0.05, 0.1) is 21.3 Å². The third-order valence-corrected chi connectivity index (χ3v) is 6.85. The number of fused-ring (bicyclic) bond motifs is 2. The molecular formula is C21H16Cl2F2N6OS. The van der Waals surface area contributed by atoms with Gasteiger partial charge in [-0.05, 0) is 25.1 Å². The molecule has 1 amide bonds. The number of benzene rings is 2. The molecule has 1 aliphatic rings. The number of carbonyl (C=O) groups excluding carboxylic acids is 1. The summed E-state index contributed by atoms with van der Waals surface area (Å²) in [5.41, 5.74) is 6.42. The van der Waals surface area contributed by atoms with Crippen molar-refractivity contribution >= 4 is 72.5 Å². The fraction of sp³-hybridized carbons (Fsp3) is 0.238. The topological polar surface area (TPSA) is 97.0 Å². The quantitative estimate of drug-likeness (QED) is 0.388. The van der Waals surface area contributed by atoms with Crippen molar-refractivity contribution in [1.82, 2.24) is 19.9 Å². The number of anilines is 2. The number of likely N-dealkylation sites (tertiary alicyclic amines) is 1. The number of alkyl halides is 1. The normalized spacial score (nSPS) is 15.1. The van der Waals surface area contributed by atoms with E-state index in [1.165, 1.54) is 18.5 Å². The Morgan fingerprint density at radius 1 is 1.30 bits per heavy atom. The van der Waals surface area contributed by atoms with E-state index >= 15 is 4.39 Å². The number of carbonyl (C=O) groups is 1. The van der Waals surface area contributed by atoms with Crippen molar-refractivity contribution < 1.29 is 13.6 Å². The summed E-state index contributed by atoms with van der Waals surface area (Å²) in [6, 6.07) is 4.14. The number of thiazole rings is 1. The zero-order valence-corrected chi connectivity index (χ0v) is 19.4. The molecule has 0 spiro atoms. The predicted octanol–water partition coefficient (Wildman–Crippen LogP) is 4.67. The molecule has 0 bridgehead atoms. The van der Waals surface area contributed by atoms with E-state index in [9.17, 15) is 9.18 Å². The van der Waals surface area contributed by atoms with E-state index in [1.54, 1.807) is 17.9 Å². The first-order valence-electron chi connectivity index (χ1n) is 9.91. The largest absolute Gasteiger partial charge is 0.375 e. The van der Waals surface area contributed by atoms with Gasteiger partial charge in [-0.2, -0.15) is 0 Å². The number of nitrogens with one attached hydrogen (secondary N) is 1. The van der Waals surface area contributed by atoms with E-state index in [4.69, 9.17) is 28.9 Å². The van der Waals surface area contributed by atoms with Crippen LogP contribution in [0.4, 0.5) is 19.7 Å². The maximum atomic E-state index is 15.7. The van der Waals surface area contributed by atoms with Gasteiger partial charge in [0.1, 0.15) is 28.9 Å². The highest BCUT2D eigenvalue weighted by molar-refractivity contribution is 7.22. The van der Waals surface area contributed by atoms with Crippen LogP contribution in [0.1, 0.15) is 6.92 Å². The maximum Gasteiger partial charge on any atom is 0.240 e. The van der Waals surface area contributed by atoms with Crippen molar-refractivity contribution in [1.29, 1.82) is 0 Å². The van der Waals surface area contributed by atoms with E-state index < -0.39 is 17.0 Å². The Morgan fingerprint density at radius 2 is 2.06 bits per heavy atom. The van der Waals surface area contributed by atoms with Crippen LogP contribution < -0.4 is 11.1 Å². The van der Waals surface area contributed by atoms with Crippen LogP contribution in [-0.2, 0) is 4.79 Å². The lowest BCUT2D eigenvalue weighted by Gasteiger charge is -2.40. The molecule has 33 heavy (non-hydrogen) atoms. The number of nitrogens with zero attached hydrogens (tertiary/aromatic N) is 4. The number of nitrogen functional groups attached to an aromatic ring is 1. The molecule has 3 heterocycles. The van der Waals surface area contributed by atoms with Crippen LogP contribution in [0.5, 0.6) is 0 Å². The van der Waals surface area contributed by atoms with Gasteiger partial charge in [0, 0.05) is 29.6 Å². The highest BCUT2D eigenvalue weighted by Crippen LogP contribution is 2.41. The Bertz CT molecular complexity index is 1420. The van der Waals surface area contributed by atoms with Crippen LogP contribution in [0.15, 0.2) is 24.5 Å². The molecule has 1 unspecified atom stereocenters. The van der Waals surface area contributed by atoms with Gasteiger partial charge in [0.15, 0.2) is 10.9 Å². The minimum absolute atomic E-state index is 0.0502. The Morgan fingerprint density at radius 3 is 2.79 bits per heavy atom. The van der Waals surface area contributed by atoms with E-state index in [2.05, 4.69) is 20.3 Å². The van der Waals surface area contributed by atoms with Gasteiger partial charge < -0.3 is 16.0 Å². The first kappa shape index (κ1) is 22.0. The smallest absolute Gasteiger partial charge is 0.240 e. The summed E-state index contributed by atoms with van der Waals surface area (Å²) in [4.78, 5) is 26.1. The van der Waals surface area contributed by atoms with E-state index in [0.717, 1.165) is 11.3 Å². The van der Waals surface area contributed by atoms with Crippen LogP contribution in [0, 0.1) is 11.6 Å². The fourth-order valence-electron chi connectivity index (χ4n) is 3.88. The molecule has 3 N–H and O–H groups in total. The number of hydrogen-bond acceptors (Lipinski definition) is 7. The molecule has 2 aromatic carbocycles. The minimum atomic E-state index is -0.677. The Hall–Kier alpha value is -2.82. The number of rotatable bonds is 4. The number of hydrogen-bond donors (Lipinski definition) is 2. The monoisotopic (exact) mass is 508 g/mol. The van der Waals surface area contributed by atoms with Gasteiger partial charge in [0.2, 0.25) is 5.91 Å². The van der Waals surface area contributed by atoms with Crippen molar-refractivity contribution in [3.05, 3.63) is 41.2 Å². The molecule has 170 valence electrons. The summed E-state index contributed by atoms with van der Waals surface area (Å²) in [7, 11) is 0. The Kier molecular flexibility index (Phi) is 5.46. The fourth-order valence-corrected chi connectivity index (χ4v) is 5.08. The molecule has 5 rings (SSSR count). The van der Waals surface area contributed by atoms with E-state index in [0.29, 0.717) is 29.9 Å². The highest BCUT2D eigenvalue weighted by Gasteiger charge is 2.33. The molecule has 2 aromatic heterocycles. The summed E-state index contributed by atoms with van der Waals surface area (Å²) in [5.74, 6) is -0.922. The van der Waals surface area contributed by atoms with Crippen LogP contribution in [0.25, 0.3) is 32.2 Å². The zero-order valence-electron chi connectivity index (χ0n) is 17.1. The Labute approximate surface area is 200 Å². The zero-order chi connectivity index (χ0) is 23.4. The molecule has 1 aliphatic heterocycles. The lowest BCUT2D eigenvalue weighted by molar-refractivity contribution is -0.134. The molecule has 1 fully saturated rings. The second-order valence-corrected chi connectivity index (χ2v) is 9.78. The van der Waals surface area contributed by atoms with Crippen molar-refractivity contribution in [2.45, 2.75) is 18.3 Å². The summed E-state index contributed by atoms with van der Waals surface area (Å²) in [6.45, 7) is 2.53. The van der Waals surface area contributed by atoms with Gasteiger partial charge >= 0.3 is 0 Å². The average Bonchev–Trinajstić information content (AvgIpc) is 3.14. The van der Waals surface area contributed by atoms with Crippen molar-refractivity contribution in [3.8, 4) is 11.1 Å². The maximum absolute atomic E-state index is 15.7. The first-order valence-corrected chi connectivity index (χ1v) is 11.5. The molecule has 12 heteroatoms. The standard InChI is InChI=1S/C21H16Cl2F2N6OS/c1-8(22)20(32)31-5-9(6-31)29-19-11-4-12(23)14(15(25)16(11)27-7-28-19)10-2-3-13(24)18-17(10)30-21(26)33-18/h2-4,7-9H,5-6H2,1H3,(H2,26,30)(H,27,28,29). The third-order valence-electron chi connectivity index (χ3n) is 5.48. The van der Waals surface area contributed by atoms with Crippen molar-refractivity contribution in [3.63, 3.8) is 0 Å². The molecule has 0 aliphatic carbocycles. The number of aromatic nitrogens is 3. The molecule has 4 aromatic rings. The van der Waals surface area contributed by atoms with Gasteiger partial charge in [-0.25, -0.2) is 23.7 Å². The highest BCUT2D eigenvalue weighted by atomic mass is 35.5. The van der Waals surface area contributed by atoms with Gasteiger partial charge in [-0.3, -0.25) is 4.79 Å². The molecule has 1 saturated heterocycles. The predicted molar refractivity (Wildman–Crippen MR) is 127 cm³/mol. The number of amides is 1. The van der Waals surface area contributed by atoms with Crippen molar-refractivity contribution in [2.75, 3.05) is 24.1 Å². The van der Waals surface area contributed by atoms with Crippen LogP contribution in [0.3, 0.4) is 0 Å². The molecule has 1 atom stereocenters. The van der Waals surface area contributed by atoms with E-state index in [1.807, 2.05) is 0 Å². The van der Waals surface area contributed by atoms with Gasteiger partial charge in [-0.15, -0.1) is 11.6 Å². The molecule has 0 saturated carbocycles. The summed E-state index contributed by atoms with van der Waals surface area (Å²) in [6.07, 6.45) is 1.24. The Balaban J connectivity index is 1.54. The minimum Gasteiger partial charge on any atom is -0.375 e. The van der Waals surface area contributed by atoms with Crippen LogP contribution in [0.2, 0.25) is 5.02 Å². The third kappa shape index (κ3) is 3.71. The first-order chi connectivity index (χ1) is 15.7. The SMILES string of the molecule is CC(Cl)C(=O)N1CC(Nc2ncnc3c(F)c(-c4ccc(F)c5sc(N)nc45)c(Cl)cc23)C1. The van der Waals surface area contributed by atoms with Crippen LogP contribution in [-0.4, -0.2) is 50.3 Å². The lowest BCUT2D eigenvalue weighted by atomic mass is 10.0. The molecule has 7 nitrogen and oxygen atoms in total. The van der Waals surface area contributed by atoms with Gasteiger partial charge in [-0.1, -0.05) is 22.9 Å². The number of nitrogens with two attached hydrogens (primary N) is 1. The van der Waals surface area contributed by atoms with E-state index in [-0.39, 0.29) is 43.4 Å². The second-order valence-electron chi connectivity index (χ2n) is 7.69. The summed E-state index contributed by atoms with van der Waals surface area (Å²) < 4.78 is 30.1. The lowest BCUT2D eigenvalue weighted by Crippen LogP contribution is -2.58.